The van der Waals surface area contributed by atoms with Crippen molar-refractivity contribution in [2.45, 2.75) is 45.6 Å². The van der Waals surface area contributed by atoms with Gasteiger partial charge in [-0.15, -0.1) is 13.2 Å². The van der Waals surface area contributed by atoms with Crippen molar-refractivity contribution in [3.8, 4) is 17.1 Å². The Kier molecular flexibility index (Phi) is 7.15. The molecule has 0 aliphatic carbocycles. The number of nitrogens with one attached hydrogen (secondary N) is 1. The molecule has 2 aliphatic rings. The maximum absolute atomic E-state index is 12.7. The van der Waals surface area contributed by atoms with Crippen molar-refractivity contribution < 1.29 is 27.4 Å². The van der Waals surface area contributed by atoms with Gasteiger partial charge in [0, 0.05) is 67.9 Å². The van der Waals surface area contributed by atoms with Crippen LogP contribution in [0.15, 0.2) is 48.9 Å². The summed E-state index contributed by atoms with van der Waals surface area (Å²) in [5.74, 6) is 1.18. The summed E-state index contributed by atoms with van der Waals surface area (Å²) in [6, 6.07) is 7.61. The highest BCUT2D eigenvalue weighted by Gasteiger charge is 2.46. The maximum Gasteiger partial charge on any atom is 0.573 e. The van der Waals surface area contributed by atoms with Crippen molar-refractivity contribution in [3.63, 3.8) is 0 Å². The largest absolute Gasteiger partial charge is 0.573 e. The van der Waals surface area contributed by atoms with E-state index in [1.807, 2.05) is 26.8 Å². The molecule has 2 aliphatic heterocycles. The molecule has 1 N–H and O–H groups in total. The summed E-state index contributed by atoms with van der Waals surface area (Å²) >= 11 is 0. The first-order valence-electron chi connectivity index (χ1n) is 12.9. The molecule has 2 saturated heterocycles. The highest BCUT2D eigenvalue weighted by Crippen LogP contribution is 2.43. The molecule has 5 rings (SSSR count). The number of rotatable bonds is 5. The second-order valence-corrected chi connectivity index (χ2v) is 11.0. The lowest BCUT2D eigenvalue weighted by Gasteiger charge is -2.54. The molecule has 0 aromatic carbocycles. The Balaban J connectivity index is 1.32. The number of amides is 1. The molecule has 3 aromatic heterocycles. The average Bonchev–Trinajstić information content (AvgIpc) is 2.86. The predicted molar refractivity (Wildman–Crippen MR) is 141 cm³/mol. The zero-order valence-corrected chi connectivity index (χ0v) is 22.4. The van der Waals surface area contributed by atoms with Gasteiger partial charge in [0.2, 0.25) is 0 Å². The summed E-state index contributed by atoms with van der Waals surface area (Å²) in [5, 5.41) is 2.98. The van der Waals surface area contributed by atoms with Crippen LogP contribution in [0.4, 0.5) is 35.4 Å². The van der Waals surface area contributed by atoms with Gasteiger partial charge in [0.15, 0.2) is 5.82 Å². The molecule has 2 fully saturated rings. The first kappa shape index (κ1) is 27.4. The van der Waals surface area contributed by atoms with Gasteiger partial charge in [0.25, 0.3) is 0 Å². The lowest BCUT2D eigenvalue weighted by atomic mass is 9.72. The van der Waals surface area contributed by atoms with Crippen LogP contribution in [-0.4, -0.2) is 69.1 Å². The number of halogens is 3. The number of piperidine rings is 1. The number of pyridine rings is 2. The van der Waals surface area contributed by atoms with Crippen LogP contribution in [0, 0.1) is 5.41 Å². The number of hydrogen-bond acceptors (Lipinski definition) is 9. The molecule has 212 valence electrons. The zero-order valence-electron chi connectivity index (χ0n) is 22.4. The summed E-state index contributed by atoms with van der Waals surface area (Å²) in [6.07, 6.45) is 1.11. The Morgan fingerprint density at radius 2 is 1.77 bits per heavy atom. The summed E-state index contributed by atoms with van der Waals surface area (Å²) in [5.41, 5.74) is 0.221. The number of likely N-dealkylation sites (tertiary alicyclic amines) is 1. The van der Waals surface area contributed by atoms with E-state index in [1.54, 1.807) is 29.4 Å². The number of carbonyl (C=O) groups excluding carboxylic acids is 1. The fraction of sp³-hybridized carbons (Fsp3) is 0.444. The molecule has 1 spiro atoms. The van der Waals surface area contributed by atoms with Gasteiger partial charge in [-0.3, -0.25) is 4.98 Å². The zero-order chi connectivity index (χ0) is 28.5. The summed E-state index contributed by atoms with van der Waals surface area (Å²) in [4.78, 5) is 33.9. The molecule has 40 heavy (non-hydrogen) atoms. The summed E-state index contributed by atoms with van der Waals surface area (Å²) in [7, 11) is 0. The summed E-state index contributed by atoms with van der Waals surface area (Å²) in [6.45, 7) is 8.33. The lowest BCUT2D eigenvalue weighted by Crippen LogP contribution is -2.61. The third-order valence-electron chi connectivity index (χ3n) is 6.71. The van der Waals surface area contributed by atoms with Crippen LogP contribution in [0.3, 0.4) is 0 Å². The van der Waals surface area contributed by atoms with E-state index in [2.05, 4.69) is 29.9 Å². The Hall–Kier alpha value is -4.16. The molecule has 1 amide bonds. The first-order chi connectivity index (χ1) is 18.9. The molecule has 10 nitrogen and oxygen atoms in total. The van der Waals surface area contributed by atoms with Gasteiger partial charge < -0.3 is 24.6 Å². The van der Waals surface area contributed by atoms with Crippen molar-refractivity contribution in [1.82, 2.24) is 24.8 Å². The van der Waals surface area contributed by atoms with E-state index >= 15 is 0 Å². The molecule has 3 aromatic rings. The number of aromatic nitrogens is 4. The average molecular weight is 558 g/mol. The standard InChI is InChI=1S/C27H30F3N7O3/c1-25(2,3)40-24(38)36-11-7-26(8-12-36)16-37(17-26)22-14-21(34-23(35-22)18-5-4-9-31-15-18)33-20-13-19(6-10-32-20)39-27(28,29)30/h4-6,9-10,13-15H,7-8,11-12,16-17H2,1-3H3,(H,32,33,34,35). The van der Waals surface area contributed by atoms with Crippen LogP contribution in [0.5, 0.6) is 5.75 Å². The van der Waals surface area contributed by atoms with Gasteiger partial charge in [-0.25, -0.2) is 19.7 Å². The van der Waals surface area contributed by atoms with E-state index in [-0.39, 0.29) is 17.3 Å². The quantitative estimate of drug-likeness (QED) is 0.441. The van der Waals surface area contributed by atoms with E-state index in [1.165, 1.54) is 6.20 Å². The minimum Gasteiger partial charge on any atom is -0.444 e. The van der Waals surface area contributed by atoms with Crippen LogP contribution in [0.2, 0.25) is 0 Å². The van der Waals surface area contributed by atoms with Crippen molar-refractivity contribution in [1.29, 1.82) is 0 Å². The third-order valence-corrected chi connectivity index (χ3v) is 6.71. The van der Waals surface area contributed by atoms with Crippen LogP contribution >= 0.6 is 0 Å². The van der Waals surface area contributed by atoms with Gasteiger partial charge in [-0.1, -0.05) is 0 Å². The number of nitrogens with zero attached hydrogens (tertiary/aromatic N) is 6. The van der Waals surface area contributed by atoms with Gasteiger partial charge in [-0.2, -0.15) is 0 Å². The van der Waals surface area contributed by atoms with E-state index in [4.69, 9.17) is 9.72 Å². The first-order valence-corrected chi connectivity index (χ1v) is 12.9. The van der Waals surface area contributed by atoms with Crippen LogP contribution in [0.1, 0.15) is 33.6 Å². The molecule has 0 saturated carbocycles. The van der Waals surface area contributed by atoms with E-state index in [0.29, 0.717) is 36.1 Å². The van der Waals surface area contributed by atoms with Crippen molar-refractivity contribution in [2.24, 2.45) is 5.41 Å². The molecule has 0 bridgehead atoms. The van der Waals surface area contributed by atoms with Crippen molar-refractivity contribution >= 4 is 23.5 Å². The highest BCUT2D eigenvalue weighted by molar-refractivity contribution is 5.68. The maximum atomic E-state index is 12.7. The van der Waals surface area contributed by atoms with Gasteiger partial charge in [0.1, 0.15) is 28.8 Å². The number of ether oxygens (including phenoxy) is 2. The molecule has 0 unspecified atom stereocenters. The fourth-order valence-corrected chi connectivity index (χ4v) is 4.82. The minimum atomic E-state index is -4.81. The third kappa shape index (κ3) is 6.69. The number of hydrogen-bond donors (Lipinski definition) is 1. The Bertz CT molecular complexity index is 1350. The van der Waals surface area contributed by atoms with E-state index < -0.39 is 17.7 Å². The predicted octanol–water partition coefficient (Wildman–Crippen LogP) is 5.41. The molecule has 13 heteroatoms. The highest BCUT2D eigenvalue weighted by atomic mass is 19.4. The number of carbonyl (C=O) groups is 1. The molecular formula is C27H30F3N7O3. The lowest BCUT2D eigenvalue weighted by molar-refractivity contribution is -0.274. The fourth-order valence-electron chi connectivity index (χ4n) is 4.82. The van der Waals surface area contributed by atoms with Crippen molar-refractivity contribution in [2.75, 3.05) is 36.4 Å². The summed E-state index contributed by atoms with van der Waals surface area (Å²) < 4.78 is 47.6. The van der Waals surface area contributed by atoms with Gasteiger partial charge >= 0.3 is 12.5 Å². The minimum absolute atomic E-state index is 0.0658. The smallest absolute Gasteiger partial charge is 0.444 e. The van der Waals surface area contributed by atoms with Crippen LogP contribution in [0.25, 0.3) is 11.4 Å². The SMILES string of the molecule is CC(C)(C)OC(=O)N1CCC2(CC1)CN(c1cc(Nc3cc(OC(F)(F)F)ccn3)nc(-c3cccnc3)n1)C2. The Morgan fingerprint density at radius 3 is 2.42 bits per heavy atom. The number of alkyl halides is 3. The van der Waals surface area contributed by atoms with Gasteiger partial charge in [0.05, 0.1) is 0 Å². The molecular weight excluding hydrogens is 527 g/mol. The number of anilines is 3. The second-order valence-electron chi connectivity index (χ2n) is 11.0. The van der Waals surface area contributed by atoms with Crippen LogP contribution in [-0.2, 0) is 4.74 Å². The van der Waals surface area contributed by atoms with E-state index in [0.717, 1.165) is 38.1 Å². The van der Waals surface area contributed by atoms with Gasteiger partial charge in [-0.05, 0) is 51.8 Å². The molecule has 5 heterocycles. The van der Waals surface area contributed by atoms with E-state index in [9.17, 15) is 18.0 Å². The monoisotopic (exact) mass is 557 g/mol. The van der Waals surface area contributed by atoms with Crippen molar-refractivity contribution in [3.05, 3.63) is 48.9 Å². The molecule has 0 atom stereocenters. The Morgan fingerprint density at radius 1 is 1.02 bits per heavy atom. The molecule has 0 radical (unpaired) electrons. The Labute approximate surface area is 229 Å². The second kappa shape index (κ2) is 10.4. The normalized spacial score (nSPS) is 16.9. The van der Waals surface area contributed by atoms with Crippen LogP contribution < -0.4 is 15.0 Å². The topological polar surface area (TPSA) is 106 Å².